The fourth-order valence-electron chi connectivity index (χ4n) is 2.63. The summed E-state index contributed by atoms with van der Waals surface area (Å²) in [4.78, 5) is 9.20. The van der Waals surface area contributed by atoms with Gasteiger partial charge in [-0.25, -0.2) is 0 Å². The molecule has 0 aromatic carbocycles. The van der Waals surface area contributed by atoms with E-state index in [1.807, 2.05) is 19.3 Å². The van der Waals surface area contributed by atoms with Crippen LogP contribution in [0.4, 0.5) is 0 Å². The molecule has 1 unspecified atom stereocenters. The Kier molecular flexibility index (Phi) is 3.14. The summed E-state index contributed by atoms with van der Waals surface area (Å²) in [5, 5.41) is 4.08. The van der Waals surface area contributed by atoms with Crippen molar-refractivity contribution in [3.05, 3.63) is 28.8 Å². The Hall–Kier alpha value is -1.62. The predicted octanol–water partition coefficient (Wildman–Crippen LogP) is 1.81. The van der Waals surface area contributed by atoms with Crippen molar-refractivity contribution >= 4 is 6.34 Å². The average Bonchev–Trinajstić information content (AvgIpc) is 2.80. The molecule has 1 aromatic rings. The van der Waals surface area contributed by atoms with Crippen molar-refractivity contribution in [3.63, 3.8) is 0 Å². The normalized spacial score (nSPS) is 23.9. The molecule has 0 bridgehead atoms. The number of fused-ring (bicyclic) bond motifs is 1. The first kappa shape index (κ1) is 12.4. The average molecular weight is 260 g/mol. The number of hydrogen-bond acceptors (Lipinski definition) is 5. The van der Waals surface area contributed by atoms with E-state index < -0.39 is 0 Å². The summed E-state index contributed by atoms with van der Waals surface area (Å²) in [6.45, 7) is 10.1. The molecule has 5 nitrogen and oxygen atoms in total. The second-order valence-corrected chi connectivity index (χ2v) is 5.40. The van der Waals surface area contributed by atoms with Gasteiger partial charge in [0.1, 0.15) is 5.76 Å². The van der Waals surface area contributed by atoms with E-state index in [4.69, 9.17) is 4.52 Å². The Morgan fingerprint density at radius 1 is 1.37 bits per heavy atom. The Balaban J connectivity index is 1.72. The Bertz CT molecular complexity index is 531. The zero-order chi connectivity index (χ0) is 13.4. The molecule has 0 aliphatic carbocycles. The van der Waals surface area contributed by atoms with Crippen LogP contribution in [0.1, 0.15) is 25.3 Å². The van der Waals surface area contributed by atoms with E-state index in [-0.39, 0.29) is 0 Å². The summed E-state index contributed by atoms with van der Waals surface area (Å²) < 4.78 is 5.13. The standard InChI is InChI=1S/C14H20N4O/c1-10-6-13(16-19-10)7-17-4-5-18-9-15-12(3)11(2)14(18)8-17/h6,9,12H,4-5,7-8H2,1-3H3. The number of aliphatic imine (C=N–C) groups is 1. The number of hydrogen-bond donors (Lipinski definition) is 0. The van der Waals surface area contributed by atoms with Crippen molar-refractivity contribution in [3.8, 4) is 0 Å². The fraction of sp³-hybridized carbons (Fsp3) is 0.571. The summed E-state index contributed by atoms with van der Waals surface area (Å²) >= 11 is 0. The highest BCUT2D eigenvalue weighted by Gasteiger charge is 2.26. The number of nitrogens with zero attached hydrogens (tertiary/aromatic N) is 4. The summed E-state index contributed by atoms with van der Waals surface area (Å²) in [6.07, 6.45) is 1.99. The number of aryl methyl sites for hydroxylation is 1. The third-order valence-electron chi connectivity index (χ3n) is 3.95. The van der Waals surface area contributed by atoms with Crippen molar-refractivity contribution < 1.29 is 4.52 Å². The Morgan fingerprint density at radius 2 is 2.21 bits per heavy atom. The minimum Gasteiger partial charge on any atom is -0.361 e. The van der Waals surface area contributed by atoms with Crippen molar-refractivity contribution in [1.82, 2.24) is 15.0 Å². The van der Waals surface area contributed by atoms with E-state index in [0.29, 0.717) is 6.04 Å². The highest BCUT2D eigenvalue weighted by molar-refractivity contribution is 5.62. The van der Waals surface area contributed by atoms with Gasteiger partial charge in [-0.3, -0.25) is 9.89 Å². The van der Waals surface area contributed by atoms with Crippen LogP contribution >= 0.6 is 0 Å². The molecule has 3 heterocycles. The van der Waals surface area contributed by atoms with Gasteiger partial charge in [0.25, 0.3) is 0 Å². The van der Waals surface area contributed by atoms with Gasteiger partial charge >= 0.3 is 0 Å². The fourth-order valence-corrected chi connectivity index (χ4v) is 2.63. The maximum Gasteiger partial charge on any atom is 0.133 e. The molecule has 2 aliphatic heterocycles. The van der Waals surface area contributed by atoms with Gasteiger partial charge in [-0.1, -0.05) is 5.16 Å². The van der Waals surface area contributed by atoms with Crippen molar-refractivity contribution in [2.45, 2.75) is 33.4 Å². The molecule has 1 fully saturated rings. The molecule has 0 N–H and O–H groups in total. The van der Waals surface area contributed by atoms with Crippen molar-refractivity contribution in [2.75, 3.05) is 19.6 Å². The second-order valence-electron chi connectivity index (χ2n) is 5.40. The molecule has 2 aliphatic rings. The summed E-state index contributed by atoms with van der Waals surface area (Å²) in [6, 6.07) is 2.32. The first-order chi connectivity index (χ1) is 9.13. The van der Waals surface area contributed by atoms with Gasteiger partial charge in [0.2, 0.25) is 0 Å². The lowest BCUT2D eigenvalue weighted by molar-refractivity contribution is 0.205. The lowest BCUT2D eigenvalue weighted by Crippen LogP contribution is -2.46. The second kappa shape index (κ2) is 4.81. The molecule has 1 aromatic heterocycles. The van der Waals surface area contributed by atoms with Gasteiger partial charge in [0.15, 0.2) is 0 Å². The quantitative estimate of drug-likeness (QED) is 0.813. The summed E-state index contributed by atoms with van der Waals surface area (Å²) in [7, 11) is 0. The molecule has 102 valence electrons. The summed E-state index contributed by atoms with van der Waals surface area (Å²) in [5.41, 5.74) is 3.79. The third kappa shape index (κ3) is 2.42. The van der Waals surface area contributed by atoms with Crippen molar-refractivity contribution in [2.24, 2.45) is 4.99 Å². The molecule has 5 heteroatoms. The Morgan fingerprint density at radius 3 is 2.95 bits per heavy atom. The number of aromatic nitrogens is 1. The van der Waals surface area contributed by atoms with E-state index in [0.717, 1.165) is 37.6 Å². The minimum atomic E-state index is 0.306. The largest absolute Gasteiger partial charge is 0.361 e. The predicted molar refractivity (Wildman–Crippen MR) is 73.9 cm³/mol. The van der Waals surface area contributed by atoms with Crippen molar-refractivity contribution in [1.29, 1.82) is 0 Å². The van der Waals surface area contributed by atoms with E-state index in [1.165, 1.54) is 11.3 Å². The van der Waals surface area contributed by atoms with E-state index in [1.54, 1.807) is 0 Å². The molecule has 3 rings (SSSR count). The van der Waals surface area contributed by atoms with Crippen LogP contribution in [0.2, 0.25) is 0 Å². The molecule has 1 atom stereocenters. The topological polar surface area (TPSA) is 44.9 Å². The van der Waals surface area contributed by atoms with Crippen LogP contribution in [-0.4, -0.2) is 47.0 Å². The van der Waals surface area contributed by atoms with E-state index in [2.05, 4.69) is 33.8 Å². The van der Waals surface area contributed by atoms with Gasteiger partial charge < -0.3 is 9.42 Å². The van der Waals surface area contributed by atoms with Crippen LogP contribution in [0.25, 0.3) is 0 Å². The molecule has 0 saturated carbocycles. The molecule has 19 heavy (non-hydrogen) atoms. The van der Waals surface area contributed by atoms with Crippen LogP contribution in [0.15, 0.2) is 26.9 Å². The van der Waals surface area contributed by atoms with E-state index >= 15 is 0 Å². The maximum atomic E-state index is 5.13. The summed E-state index contributed by atoms with van der Waals surface area (Å²) in [5.74, 6) is 0.877. The monoisotopic (exact) mass is 260 g/mol. The maximum absolute atomic E-state index is 5.13. The molecule has 0 spiro atoms. The molecule has 1 saturated heterocycles. The lowest BCUT2D eigenvalue weighted by atomic mass is 10.0. The first-order valence-corrected chi connectivity index (χ1v) is 6.77. The van der Waals surface area contributed by atoms with Crippen LogP contribution < -0.4 is 0 Å². The van der Waals surface area contributed by atoms with Crippen LogP contribution in [-0.2, 0) is 6.54 Å². The molecule has 0 amide bonds. The van der Waals surface area contributed by atoms with Crippen LogP contribution in [0, 0.1) is 6.92 Å². The zero-order valence-electron chi connectivity index (χ0n) is 11.8. The minimum absolute atomic E-state index is 0.306. The van der Waals surface area contributed by atoms with Gasteiger partial charge in [0.05, 0.1) is 18.1 Å². The molecular formula is C14H20N4O. The lowest BCUT2D eigenvalue weighted by Gasteiger charge is -2.39. The Labute approximate surface area is 113 Å². The van der Waals surface area contributed by atoms with Gasteiger partial charge in [0, 0.05) is 37.9 Å². The number of piperazine rings is 1. The number of rotatable bonds is 2. The van der Waals surface area contributed by atoms with Gasteiger partial charge in [-0.05, 0) is 26.3 Å². The SMILES string of the molecule is CC1=C2CN(Cc3cc(C)on3)CCN2C=NC1C. The van der Waals surface area contributed by atoms with Crippen LogP contribution in [0.5, 0.6) is 0 Å². The molecular weight excluding hydrogens is 240 g/mol. The highest BCUT2D eigenvalue weighted by Crippen LogP contribution is 2.23. The third-order valence-corrected chi connectivity index (χ3v) is 3.95. The van der Waals surface area contributed by atoms with Gasteiger partial charge in [-0.2, -0.15) is 0 Å². The van der Waals surface area contributed by atoms with Gasteiger partial charge in [-0.15, -0.1) is 0 Å². The zero-order valence-corrected chi connectivity index (χ0v) is 11.8. The molecule has 0 radical (unpaired) electrons. The smallest absolute Gasteiger partial charge is 0.133 e. The highest BCUT2D eigenvalue weighted by atomic mass is 16.5. The van der Waals surface area contributed by atoms with E-state index in [9.17, 15) is 0 Å². The first-order valence-electron chi connectivity index (χ1n) is 6.77. The van der Waals surface area contributed by atoms with Crippen LogP contribution in [0.3, 0.4) is 0 Å².